The molecule has 0 aliphatic carbocycles. The first kappa shape index (κ1) is 17.0. The van der Waals surface area contributed by atoms with Crippen molar-refractivity contribution in [3.63, 3.8) is 0 Å². The number of amides is 1. The van der Waals surface area contributed by atoms with Crippen LogP contribution in [0.2, 0.25) is 0 Å². The number of nitro groups is 1. The van der Waals surface area contributed by atoms with Gasteiger partial charge in [-0.2, -0.15) is 9.78 Å². The average Bonchev–Trinajstić information content (AvgIpc) is 2.94. The molecule has 0 aliphatic heterocycles. The van der Waals surface area contributed by atoms with Gasteiger partial charge in [-0.05, 0) is 19.9 Å². The summed E-state index contributed by atoms with van der Waals surface area (Å²) in [6.45, 7) is 3.35. The Kier molecular flexibility index (Phi) is 4.31. The fourth-order valence-electron chi connectivity index (χ4n) is 2.42. The molecule has 3 aromatic rings. The number of hydrogen-bond donors (Lipinski definition) is 2. The van der Waals surface area contributed by atoms with E-state index >= 15 is 0 Å². The first-order valence-electron chi connectivity index (χ1n) is 7.55. The molecule has 0 bridgehead atoms. The largest absolute Gasteiger partial charge is 0.306 e. The van der Waals surface area contributed by atoms with Gasteiger partial charge in [0, 0.05) is 23.9 Å². The van der Waals surface area contributed by atoms with E-state index in [0.29, 0.717) is 11.4 Å². The monoisotopic (exact) mass is 354 g/mol. The van der Waals surface area contributed by atoms with Crippen molar-refractivity contribution in [2.24, 2.45) is 0 Å². The molecule has 10 nitrogen and oxygen atoms in total. The minimum absolute atomic E-state index is 0.0893. The lowest BCUT2D eigenvalue weighted by Gasteiger charge is -2.08. The summed E-state index contributed by atoms with van der Waals surface area (Å²) >= 11 is 0. The fourth-order valence-corrected chi connectivity index (χ4v) is 2.42. The van der Waals surface area contributed by atoms with Gasteiger partial charge in [0.05, 0.1) is 10.6 Å². The molecule has 3 rings (SSSR count). The van der Waals surface area contributed by atoms with Crippen LogP contribution in [0.25, 0.3) is 5.95 Å². The van der Waals surface area contributed by atoms with Gasteiger partial charge in [0.1, 0.15) is 11.4 Å². The van der Waals surface area contributed by atoms with Gasteiger partial charge < -0.3 is 5.32 Å². The second-order valence-electron chi connectivity index (χ2n) is 5.52. The summed E-state index contributed by atoms with van der Waals surface area (Å²) in [5.41, 5.74) is 0.278. The molecule has 2 N–H and O–H groups in total. The molecule has 0 atom stereocenters. The molecule has 0 saturated heterocycles. The summed E-state index contributed by atoms with van der Waals surface area (Å²) in [5, 5.41) is 17.9. The number of carbonyl (C=O) groups is 1. The molecule has 1 aromatic carbocycles. The van der Waals surface area contributed by atoms with Gasteiger partial charge in [0.2, 0.25) is 5.95 Å². The van der Waals surface area contributed by atoms with E-state index in [-0.39, 0.29) is 28.6 Å². The maximum absolute atomic E-state index is 12.5. The molecule has 0 unspecified atom stereocenters. The number of hydrogen-bond acceptors (Lipinski definition) is 6. The molecule has 0 fully saturated rings. The zero-order chi connectivity index (χ0) is 18.8. The summed E-state index contributed by atoms with van der Waals surface area (Å²) in [7, 11) is 0. The normalized spacial score (nSPS) is 10.5. The number of para-hydroxylation sites is 1. The first-order valence-corrected chi connectivity index (χ1v) is 7.55. The van der Waals surface area contributed by atoms with Crippen molar-refractivity contribution in [2.45, 2.75) is 13.8 Å². The number of H-pyrrole nitrogens is 1. The van der Waals surface area contributed by atoms with Crippen LogP contribution in [0.15, 0.2) is 41.2 Å². The molecule has 0 radical (unpaired) electrons. The van der Waals surface area contributed by atoms with Crippen LogP contribution in [-0.2, 0) is 0 Å². The van der Waals surface area contributed by atoms with E-state index in [1.165, 1.54) is 35.0 Å². The van der Waals surface area contributed by atoms with Crippen molar-refractivity contribution in [3.8, 4) is 5.95 Å². The molecule has 2 aromatic heterocycles. The zero-order valence-corrected chi connectivity index (χ0v) is 13.9. The molecular formula is C16H14N6O4. The lowest BCUT2D eigenvalue weighted by Crippen LogP contribution is -2.19. The number of rotatable bonds is 4. The Balaban J connectivity index is 2.01. The van der Waals surface area contributed by atoms with Gasteiger partial charge in [-0.25, -0.2) is 4.98 Å². The minimum atomic E-state index is -0.673. The second-order valence-corrected chi connectivity index (χ2v) is 5.52. The number of aromatic nitrogens is 4. The van der Waals surface area contributed by atoms with E-state index in [1.807, 2.05) is 0 Å². The number of aromatic amines is 1. The second kappa shape index (κ2) is 6.59. The topological polar surface area (TPSA) is 136 Å². The highest BCUT2D eigenvalue weighted by molar-refractivity contribution is 6.06. The molecule has 0 saturated carbocycles. The van der Waals surface area contributed by atoms with Crippen molar-refractivity contribution in [1.29, 1.82) is 0 Å². The molecule has 26 heavy (non-hydrogen) atoms. The van der Waals surface area contributed by atoms with E-state index in [4.69, 9.17) is 0 Å². The van der Waals surface area contributed by atoms with Crippen LogP contribution in [0.3, 0.4) is 0 Å². The van der Waals surface area contributed by atoms with Gasteiger partial charge in [-0.1, -0.05) is 12.1 Å². The number of benzene rings is 1. The Morgan fingerprint density at radius 3 is 2.65 bits per heavy atom. The van der Waals surface area contributed by atoms with E-state index in [0.717, 1.165) is 0 Å². The number of nitro benzene ring substituents is 1. The lowest BCUT2D eigenvalue weighted by atomic mass is 10.1. The summed E-state index contributed by atoms with van der Waals surface area (Å²) < 4.78 is 1.26. The van der Waals surface area contributed by atoms with Crippen molar-refractivity contribution < 1.29 is 9.72 Å². The SMILES string of the molecule is Cc1cc(=O)[nH]c(-n2nc(C)cc2NC(=O)c2ccccc2[N+](=O)[O-])n1. The van der Waals surface area contributed by atoms with Crippen LogP contribution in [0.5, 0.6) is 0 Å². The predicted molar refractivity (Wildman–Crippen MR) is 92.5 cm³/mol. The number of nitrogens with zero attached hydrogens (tertiary/aromatic N) is 4. The predicted octanol–water partition coefficient (Wildman–Crippen LogP) is 1.73. The molecule has 10 heteroatoms. The molecule has 0 spiro atoms. The summed E-state index contributed by atoms with van der Waals surface area (Å²) in [6, 6.07) is 8.50. The van der Waals surface area contributed by atoms with Crippen molar-refractivity contribution in [1.82, 2.24) is 19.7 Å². The number of aryl methyl sites for hydroxylation is 2. The maximum Gasteiger partial charge on any atom is 0.282 e. The minimum Gasteiger partial charge on any atom is -0.306 e. The van der Waals surface area contributed by atoms with Gasteiger partial charge in [0.25, 0.3) is 17.2 Å². The third-order valence-corrected chi connectivity index (χ3v) is 3.48. The molecule has 0 aliphatic rings. The fraction of sp³-hybridized carbons (Fsp3) is 0.125. The Labute approximate surface area is 146 Å². The lowest BCUT2D eigenvalue weighted by molar-refractivity contribution is -0.385. The molecular weight excluding hydrogens is 340 g/mol. The average molecular weight is 354 g/mol. The van der Waals surface area contributed by atoms with E-state index in [1.54, 1.807) is 19.9 Å². The highest BCUT2D eigenvalue weighted by Gasteiger charge is 2.21. The summed E-state index contributed by atoms with van der Waals surface area (Å²) in [4.78, 5) is 41.4. The smallest absolute Gasteiger partial charge is 0.282 e. The quantitative estimate of drug-likeness (QED) is 0.541. The zero-order valence-electron chi connectivity index (χ0n) is 13.9. The molecule has 2 heterocycles. The summed E-state index contributed by atoms with van der Waals surface area (Å²) in [5.74, 6) is -0.325. The standard InChI is InChI=1S/C16H14N6O4/c1-9-8-14(23)19-16(17-9)21-13(7-10(2)20-21)18-15(24)11-5-3-4-6-12(11)22(25)26/h3-8H,1-2H3,(H,18,24)(H,17,19,23). The van der Waals surface area contributed by atoms with Crippen LogP contribution in [0.1, 0.15) is 21.7 Å². The number of anilines is 1. The van der Waals surface area contributed by atoms with Gasteiger partial charge >= 0.3 is 0 Å². The number of carbonyl (C=O) groups excluding carboxylic acids is 1. The Hall–Kier alpha value is -3.82. The molecule has 1 amide bonds. The highest BCUT2D eigenvalue weighted by atomic mass is 16.6. The summed E-state index contributed by atoms with van der Waals surface area (Å²) in [6.07, 6.45) is 0. The Bertz CT molecular complexity index is 1070. The van der Waals surface area contributed by atoms with E-state index < -0.39 is 10.8 Å². The van der Waals surface area contributed by atoms with Crippen LogP contribution in [0, 0.1) is 24.0 Å². The van der Waals surface area contributed by atoms with Crippen LogP contribution in [0.4, 0.5) is 11.5 Å². The Morgan fingerprint density at radius 1 is 1.23 bits per heavy atom. The van der Waals surface area contributed by atoms with Gasteiger partial charge in [0.15, 0.2) is 0 Å². The van der Waals surface area contributed by atoms with Crippen molar-refractivity contribution >= 4 is 17.4 Å². The third-order valence-electron chi connectivity index (χ3n) is 3.48. The van der Waals surface area contributed by atoms with E-state index in [2.05, 4.69) is 20.4 Å². The van der Waals surface area contributed by atoms with Crippen LogP contribution < -0.4 is 10.9 Å². The Morgan fingerprint density at radius 2 is 1.96 bits per heavy atom. The first-order chi connectivity index (χ1) is 12.3. The van der Waals surface area contributed by atoms with Crippen LogP contribution in [-0.4, -0.2) is 30.6 Å². The maximum atomic E-state index is 12.5. The van der Waals surface area contributed by atoms with Crippen LogP contribution >= 0.6 is 0 Å². The molecule has 132 valence electrons. The van der Waals surface area contributed by atoms with Crippen molar-refractivity contribution in [3.05, 3.63) is 73.8 Å². The number of nitrogens with one attached hydrogen (secondary N) is 2. The van der Waals surface area contributed by atoms with Gasteiger partial charge in [-0.15, -0.1) is 0 Å². The van der Waals surface area contributed by atoms with Crippen molar-refractivity contribution in [2.75, 3.05) is 5.32 Å². The highest BCUT2D eigenvalue weighted by Crippen LogP contribution is 2.20. The van der Waals surface area contributed by atoms with Gasteiger partial charge in [-0.3, -0.25) is 24.7 Å². The van der Waals surface area contributed by atoms with E-state index in [9.17, 15) is 19.7 Å². The third kappa shape index (κ3) is 3.34.